The van der Waals surface area contributed by atoms with Crippen LogP contribution >= 0.6 is 0 Å². The van der Waals surface area contributed by atoms with E-state index >= 15 is 0 Å². The van der Waals surface area contributed by atoms with Crippen molar-refractivity contribution in [1.82, 2.24) is 9.80 Å². The summed E-state index contributed by atoms with van der Waals surface area (Å²) in [5.74, 6) is 0.740. The van der Waals surface area contributed by atoms with E-state index in [0.29, 0.717) is 44.9 Å². The minimum atomic E-state index is -0.530. The second kappa shape index (κ2) is 10.2. The highest BCUT2D eigenvalue weighted by Crippen LogP contribution is 2.18. The van der Waals surface area contributed by atoms with E-state index in [-0.39, 0.29) is 12.1 Å². The number of rotatable bonds is 4. The Hall–Kier alpha value is -3.22. The van der Waals surface area contributed by atoms with Gasteiger partial charge in [-0.15, -0.1) is 0 Å². The van der Waals surface area contributed by atoms with Gasteiger partial charge in [-0.3, -0.25) is 0 Å². The van der Waals surface area contributed by atoms with Gasteiger partial charge in [0.05, 0.1) is 0 Å². The van der Waals surface area contributed by atoms with Crippen molar-refractivity contribution in [3.05, 3.63) is 60.2 Å². The molecule has 1 aliphatic rings. The largest absolute Gasteiger partial charge is 0.489 e. The van der Waals surface area contributed by atoms with Gasteiger partial charge in [0.25, 0.3) is 0 Å². The first-order valence-corrected chi connectivity index (χ1v) is 10.6. The number of benzene rings is 2. The van der Waals surface area contributed by atoms with E-state index in [9.17, 15) is 9.59 Å². The second-order valence-corrected chi connectivity index (χ2v) is 8.54. The van der Waals surface area contributed by atoms with Crippen molar-refractivity contribution in [3.63, 3.8) is 0 Å². The highest BCUT2D eigenvalue weighted by molar-refractivity contribution is 5.89. The smallest absolute Gasteiger partial charge is 0.410 e. The Morgan fingerprint density at radius 1 is 0.903 bits per heavy atom. The zero-order valence-electron chi connectivity index (χ0n) is 18.5. The van der Waals surface area contributed by atoms with E-state index in [1.54, 1.807) is 9.80 Å². The predicted octanol–water partition coefficient (Wildman–Crippen LogP) is 4.74. The number of hydrogen-bond donors (Lipinski definition) is 1. The van der Waals surface area contributed by atoms with Gasteiger partial charge in [-0.2, -0.15) is 0 Å². The lowest BCUT2D eigenvalue weighted by molar-refractivity contribution is 0.0259. The first-order valence-electron chi connectivity index (χ1n) is 10.6. The number of urea groups is 1. The zero-order chi connectivity index (χ0) is 22.3. The fraction of sp³-hybridized carbons (Fsp3) is 0.417. The van der Waals surface area contributed by atoms with E-state index in [4.69, 9.17) is 9.47 Å². The summed E-state index contributed by atoms with van der Waals surface area (Å²) in [6.45, 7) is 8.11. The van der Waals surface area contributed by atoms with E-state index in [0.717, 1.165) is 11.3 Å². The topological polar surface area (TPSA) is 71.1 Å². The standard InChI is InChI=1S/C24H31N3O4/c1-24(2,3)31-23(29)27-15-7-14-26(16-17-27)22(28)25-20-10-12-21(13-11-20)30-18-19-8-5-4-6-9-19/h4-6,8-13H,7,14-18H2,1-3H3,(H,25,28). The number of amides is 3. The molecule has 0 unspecified atom stereocenters. The van der Waals surface area contributed by atoms with Gasteiger partial charge in [0, 0.05) is 31.9 Å². The summed E-state index contributed by atoms with van der Waals surface area (Å²) in [5.41, 5.74) is 1.27. The van der Waals surface area contributed by atoms with Gasteiger partial charge >= 0.3 is 12.1 Å². The van der Waals surface area contributed by atoms with E-state index in [2.05, 4.69) is 5.32 Å². The average molecular weight is 426 g/mol. The molecule has 0 atom stereocenters. The lowest BCUT2D eigenvalue weighted by Gasteiger charge is -2.26. The third-order valence-corrected chi connectivity index (χ3v) is 4.79. The van der Waals surface area contributed by atoms with Crippen molar-refractivity contribution >= 4 is 17.8 Å². The second-order valence-electron chi connectivity index (χ2n) is 8.54. The summed E-state index contributed by atoms with van der Waals surface area (Å²) >= 11 is 0. The summed E-state index contributed by atoms with van der Waals surface area (Å²) < 4.78 is 11.2. The number of nitrogens with one attached hydrogen (secondary N) is 1. The predicted molar refractivity (Wildman–Crippen MR) is 120 cm³/mol. The van der Waals surface area contributed by atoms with Crippen molar-refractivity contribution in [2.24, 2.45) is 0 Å². The van der Waals surface area contributed by atoms with Gasteiger partial charge in [-0.1, -0.05) is 30.3 Å². The Balaban J connectivity index is 1.48. The fourth-order valence-corrected chi connectivity index (χ4v) is 3.21. The molecule has 1 fully saturated rings. The summed E-state index contributed by atoms with van der Waals surface area (Å²) in [6, 6.07) is 17.1. The molecule has 0 aromatic heterocycles. The van der Waals surface area contributed by atoms with Crippen molar-refractivity contribution in [3.8, 4) is 5.75 Å². The number of anilines is 1. The van der Waals surface area contributed by atoms with Crippen molar-refractivity contribution in [2.45, 2.75) is 39.4 Å². The van der Waals surface area contributed by atoms with Gasteiger partial charge in [-0.25, -0.2) is 9.59 Å². The zero-order valence-corrected chi connectivity index (χ0v) is 18.5. The normalized spacial score (nSPS) is 14.5. The molecule has 2 aromatic carbocycles. The minimum absolute atomic E-state index is 0.177. The average Bonchev–Trinajstić information content (AvgIpc) is 2.99. The van der Waals surface area contributed by atoms with Crippen molar-refractivity contribution < 1.29 is 19.1 Å². The van der Waals surface area contributed by atoms with Crippen LogP contribution in [0.3, 0.4) is 0 Å². The molecular formula is C24H31N3O4. The fourth-order valence-electron chi connectivity index (χ4n) is 3.21. The van der Waals surface area contributed by atoms with Crippen LogP contribution in [0.2, 0.25) is 0 Å². The minimum Gasteiger partial charge on any atom is -0.489 e. The summed E-state index contributed by atoms with van der Waals surface area (Å²) in [7, 11) is 0. The van der Waals surface area contributed by atoms with Gasteiger partial charge in [0.2, 0.25) is 0 Å². The lowest BCUT2D eigenvalue weighted by atomic mass is 10.2. The molecule has 1 aliphatic heterocycles. The highest BCUT2D eigenvalue weighted by atomic mass is 16.6. The van der Waals surface area contributed by atoms with Gasteiger partial charge in [-0.05, 0) is 57.0 Å². The number of nitrogens with zero attached hydrogens (tertiary/aromatic N) is 2. The van der Waals surface area contributed by atoms with Gasteiger partial charge in [0.1, 0.15) is 18.0 Å². The van der Waals surface area contributed by atoms with E-state index in [1.165, 1.54) is 0 Å². The third-order valence-electron chi connectivity index (χ3n) is 4.79. The Morgan fingerprint density at radius 2 is 1.55 bits per heavy atom. The monoisotopic (exact) mass is 425 g/mol. The summed E-state index contributed by atoms with van der Waals surface area (Å²) in [5, 5.41) is 2.92. The number of carbonyl (C=O) groups excluding carboxylic acids is 2. The maximum Gasteiger partial charge on any atom is 0.410 e. The first-order chi connectivity index (χ1) is 14.8. The maximum atomic E-state index is 12.7. The van der Waals surface area contributed by atoms with Crippen molar-refractivity contribution in [2.75, 3.05) is 31.5 Å². The van der Waals surface area contributed by atoms with Crippen LogP contribution in [0, 0.1) is 0 Å². The Labute approximate surface area is 183 Å². The van der Waals surface area contributed by atoms with Crippen LogP contribution in [-0.2, 0) is 11.3 Å². The molecule has 1 heterocycles. The molecule has 2 aromatic rings. The molecule has 166 valence electrons. The molecule has 0 aliphatic carbocycles. The van der Waals surface area contributed by atoms with Crippen LogP contribution < -0.4 is 10.1 Å². The van der Waals surface area contributed by atoms with Crippen molar-refractivity contribution in [1.29, 1.82) is 0 Å². The SMILES string of the molecule is CC(C)(C)OC(=O)N1CCCN(C(=O)Nc2ccc(OCc3ccccc3)cc2)CC1. The third kappa shape index (κ3) is 7.20. The van der Waals surface area contributed by atoms with Crippen LogP contribution in [0.5, 0.6) is 5.75 Å². The molecule has 0 spiro atoms. The van der Waals surface area contributed by atoms with Crippen LogP contribution in [-0.4, -0.2) is 53.7 Å². The molecule has 31 heavy (non-hydrogen) atoms. The molecule has 3 amide bonds. The van der Waals surface area contributed by atoms with Crippen LogP contribution in [0.4, 0.5) is 15.3 Å². The molecule has 1 N–H and O–H groups in total. The molecule has 0 bridgehead atoms. The van der Waals surface area contributed by atoms with Gasteiger partial charge < -0.3 is 24.6 Å². The first kappa shape index (κ1) is 22.5. The summed E-state index contributed by atoms with van der Waals surface area (Å²) in [4.78, 5) is 28.3. The highest BCUT2D eigenvalue weighted by Gasteiger charge is 2.26. The lowest BCUT2D eigenvalue weighted by Crippen LogP contribution is -2.41. The molecule has 1 saturated heterocycles. The van der Waals surface area contributed by atoms with Gasteiger partial charge in [0.15, 0.2) is 0 Å². The van der Waals surface area contributed by atoms with Crippen LogP contribution in [0.25, 0.3) is 0 Å². The molecule has 0 saturated carbocycles. The summed E-state index contributed by atoms with van der Waals surface area (Å²) in [6.07, 6.45) is 0.375. The molecular weight excluding hydrogens is 394 g/mol. The molecule has 0 radical (unpaired) electrons. The van der Waals surface area contributed by atoms with E-state index in [1.807, 2.05) is 75.4 Å². The number of hydrogen-bond acceptors (Lipinski definition) is 4. The Bertz CT molecular complexity index is 863. The Kier molecular flexibility index (Phi) is 7.39. The maximum absolute atomic E-state index is 12.7. The van der Waals surface area contributed by atoms with Crippen LogP contribution in [0.15, 0.2) is 54.6 Å². The molecule has 3 rings (SSSR count). The molecule has 7 heteroatoms. The Morgan fingerprint density at radius 3 is 2.23 bits per heavy atom. The van der Waals surface area contributed by atoms with E-state index < -0.39 is 5.60 Å². The number of ether oxygens (including phenoxy) is 2. The van der Waals surface area contributed by atoms with Crippen LogP contribution in [0.1, 0.15) is 32.8 Å². The number of carbonyl (C=O) groups is 2. The quantitative estimate of drug-likeness (QED) is 0.768. The molecule has 7 nitrogen and oxygen atoms in total.